The highest BCUT2D eigenvalue weighted by atomic mass is 32.2. The first-order valence-electron chi connectivity index (χ1n) is 14.4. The Balaban J connectivity index is 1.63. The van der Waals surface area contributed by atoms with Gasteiger partial charge in [-0.15, -0.1) is 0 Å². The SMILES string of the molecule is O=[N+]([O-])c1ccccc1S(=O)(=O)N(Cc1ccccc1)[C@H]1C=C[C@@H](O)[C@@H](N(Cc2ccccc2)S(=O)(=O)c2ccccc2[N+](=O)[O-])C1. The third-order valence-electron chi connectivity index (χ3n) is 7.81. The lowest BCUT2D eigenvalue weighted by molar-refractivity contribution is -0.388. The molecule has 0 aromatic heterocycles. The quantitative estimate of drug-likeness (QED) is 0.127. The molecule has 0 heterocycles. The zero-order valence-electron chi connectivity index (χ0n) is 24.7. The van der Waals surface area contributed by atoms with Gasteiger partial charge in [0.2, 0.25) is 0 Å². The van der Waals surface area contributed by atoms with E-state index >= 15 is 0 Å². The zero-order valence-corrected chi connectivity index (χ0v) is 26.4. The van der Waals surface area contributed by atoms with Crippen molar-refractivity contribution in [2.45, 2.75) is 47.5 Å². The molecule has 4 aromatic carbocycles. The molecule has 3 atom stereocenters. The Labute approximate surface area is 271 Å². The highest BCUT2D eigenvalue weighted by molar-refractivity contribution is 7.89. The second-order valence-corrected chi connectivity index (χ2v) is 14.5. The molecule has 15 heteroatoms. The lowest BCUT2D eigenvalue weighted by Gasteiger charge is -2.40. The summed E-state index contributed by atoms with van der Waals surface area (Å²) in [4.78, 5) is 21.0. The van der Waals surface area contributed by atoms with Crippen LogP contribution in [0.4, 0.5) is 11.4 Å². The highest BCUT2D eigenvalue weighted by Gasteiger charge is 2.44. The van der Waals surface area contributed by atoms with Gasteiger partial charge in [-0.05, 0) is 29.7 Å². The standard InChI is InChI=1S/C32H30N4O9S2/c37-30-20-19-26(33(22-24-11-3-1-4-12-24)46(42,43)31-17-9-7-15-27(31)35(38)39)21-29(30)34(23-25-13-5-2-6-14-25)47(44,45)32-18-10-8-16-28(32)36(40)41/h1-20,26,29-30,37H,21-23H2/t26-,29-,30+/m0/s1. The van der Waals surface area contributed by atoms with Crippen LogP contribution in [-0.2, 0) is 33.1 Å². The number of benzene rings is 4. The van der Waals surface area contributed by atoms with Gasteiger partial charge in [-0.1, -0.05) is 97.1 Å². The predicted octanol–water partition coefficient (Wildman–Crippen LogP) is 4.64. The van der Waals surface area contributed by atoms with Crippen LogP contribution in [0.3, 0.4) is 0 Å². The van der Waals surface area contributed by atoms with Crippen LogP contribution in [-0.4, -0.2) is 58.6 Å². The van der Waals surface area contributed by atoms with Gasteiger partial charge in [0.15, 0.2) is 9.79 Å². The van der Waals surface area contributed by atoms with Crippen molar-refractivity contribution in [1.82, 2.24) is 8.61 Å². The first kappa shape index (κ1) is 33.6. The largest absolute Gasteiger partial charge is 0.387 e. The van der Waals surface area contributed by atoms with Gasteiger partial charge in [0.25, 0.3) is 31.4 Å². The highest BCUT2D eigenvalue weighted by Crippen LogP contribution is 2.36. The molecule has 1 aliphatic carbocycles. The summed E-state index contributed by atoms with van der Waals surface area (Å²) in [5, 5.41) is 35.0. The van der Waals surface area contributed by atoms with Crippen LogP contribution < -0.4 is 0 Å². The summed E-state index contributed by atoms with van der Waals surface area (Å²) in [7, 11) is -9.28. The predicted molar refractivity (Wildman–Crippen MR) is 172 cm³/mol. The van der Waals surface area contributed by atoms with Crippen LogP contribution in [0.1, 0.15) is 17.5 Å². The van der Waals surface area contributed by atoms with Gasteiger partial charge in [0.05, 0.1) is 22.0 Å². The maximum atomic E-state index is 14.3. The zero-order chi connectivity index (χ0) is 33.8. The second kappa shape index (κ2) is 13.9. The van der Waals surface area contributed by atoms with Gasteiger partial charge >= 0.3 is 0 Å². The number of aliphatic hydroxyl groups is 1. The third kappa shape index (κ3) is 7.13. The van der Waals surface area contributed by atoms with E-state index in [-0.39, 0.29) is 19.5 Å². The number of hydrogen-bond donors (Lipinski definition) is 1. The Morgan fingerprint density at radius 2 is 1.02 bits per heavy atom. The molecule has 0 saturated carbocycles. The van der Waals surface area contributed by atoms with Crippen molar-refractivity contribution in [3.8, 4) is 0 Å². The first-order valence-corrected chi connectivity index (χ1v) is 17.2. The third-order valence-corrected chi connectivity index (χ3v) is 11.6. The fourth-order valence-corrected chi connectivity index (χ4v) is 9.07. The topological polar surface area (TPSA) is 181 Å². The maximum absolute atomic E-state index is 14.3. The van der Waals surface area contributed by atoms with Crippen LogP contribution in [0.25, 0.3) is 0 Å². The van der Waals surface area contributed by atoms with Crippen molar-refractivity contribution in [2.24, 2.45) is 0 Å². The summed E-state index contributed by atoms with van der Waals surface area (Å²) in [6.45, 7) is -0.532. The molecule has 1 aliphatic rings. The summed E-state index contributed by atoms with van der Waals surface area (Å²) in [6.07, 6.45) is 0.990. The molecule has 0 saturated heterocycles. The minimum Gasteiger partial charge on any atom is -0.387 e. The molecule has 0 fully saturated rings. The fraction of sp³-hybridized carbons (Fsp3) is 0.188. The minimum absolute atomic E-state index is 0.233. The molecule has 1 N–H and O–H groups in total. The Hall–Kier alpha value is -4.80. The number of nitro groups is 2. The van der Waals surface area contributed by atoms with Crippen molar-refractivity contribution in [1.29, 1.82) is 0 Å². The van der Waals surface area contributed by atoms with E-state index in [0.717, 1.165) is 32.9 Å². The molecule has 0 radical (unpaired) electrons. The molecule has 0 unspecified atom stereocenters. The Morgan fingerprint density at radius 1 is 0.617 bits per heavy atom. The number of sulfonamides is 2. The van der Waals surface area contributed by atoms with Crippen LogP contribution in [0, 0.1) is 20.2 Å². The average molecular weight is 679 g/mol. The first-order chi connectivity index (χ1) is 22.4. The van der Waals surface area contributed by atoms with Gasteiger partial charge < -0.3 is 5.11 Å². The molecule has 0 spiro atoms. The van der Waals surface area contributed by atoms with Gasteiger partial charge in [-0.3, -0.25) is 20.2 Å². The number of nitrogens with zero attached hydrogens (tertiary/aromatic N) is 4. The van der Waals surface area contributed by atoms with Crippen molar-refractivity contribution in [3.63, 3.8) is 0 Å². The van der Waals surface area contributed by atoms with E-state index in [0.29, 0.717) is 11.1 Å². The molecule has 0 bridgehead atoms. The van der Waals surface area contributed by atoms with Crippen molar-refractivity contribution in [3.05, 3.63) is 153 Å². The summed E-state index contributed by atoms with van der Waals surface area (Å²) >= 11 is 0. The monoisotopic (exact) mass is 678 g/mol. The molecule has 5 rings (SSSR count). The van der Waals surface area contributed by atoms with Crippen LogP contribution in [0.5, 0.6) is 0 Å². The number of para-hydroxylation sites is 2. The van der Waals surface area contributed by atoms with E-state index in [1.165, 1.54) is 36.4 Å². The average Bonchev–Trinajstić information content (AvgIpc) is 3.07. The second-order valence-electron chi connectivity index (χ2n) is 10.8. The number of nitro benzene ring substituents is 2. The van der Waals surface area contributed by atoms with E-state index < -0.39 is 69.2 Å². The Kier molecular flexibility index (Phi) is 9.93. The number of aliphatic hydroxyl groups excluding tert-OH is 1. The smallest absolute Gasteiger partial charge is 0.289 e. The summed E-state index contributed by atoms with van der Waals surface area (Å²) in [6, 6.07) is 24.3. The minimum atomic E-state index is -4.68. The lowest BCUT2D eigenvalue weighted by atomic mass is 9.94. The molecule has 47 heavy (non-hydrogen) atoms. The summed E-state index contributed by atoms with van der Waals surface area (Å²) in [5.41, 5.74) is -0.222. The van der Waals surface area contributed by atoms with Crippen molar-refractivity contribution in [2.75, 3.05) is 0 Å². The van der Waals surface area contributed by atoms with Crippen LogP contribution in [0.2, 0.25) is 0 Å². The van der Waals surface area contributed by atoms with E-state index in [2.05, 4.69) is 0 Å². The lowest BCUT2D eigenvalue weighted by Crippen LogP contribution is -2.52. The number of hydrogen-bond acceptors (Lipinski definition) is 9. The van der Waals surface area contributed by atoms with Gasteiger partial charge in [-0.25, -0.2) is 16.8 Å². The maximum Gasteiger partial charge on any atom is 0.289 e. The van der Waals surface area contributed by atoms with Gasteiger partial charge in [0, 0.05) is 31.3 Å². The van der Waals surface area contributed by atoms with Gasteiger partial charge in [-0.2, -0.15) is 8.61 Å². The van der Waals surface area contributed by atoms with E-state index in [4.69, 9.17) is 0 Å². The van der Waals surface area contributed by atoms with E-state index in [1.807, 2.05) is 0 Å². The summed E-state index contributed by atoms with van der Waals surface area (Å²) < 4.78 is 59.1. The number of rotatable bonds is 12. The van der Waals surface area contributed by atoms with Crippen molar-refractivity contribution < 1.29 is 31.8 Å². The molecule has 244 valence electrons. The Morgan fingerprint density at radius 3 is 1.49 bits per heavy atom. The Bertz CT molecular complexity index is 2010. The van der Waals surface area contributed by atoms with Gasteiger partial charge in [0.1, 0.15) is 0 Å². The molecule has 4 aromatic rings. The molecular weight excluding hydrogens is 649 g/mol. The summed E-state index contributed by atoms with van der Waals surface area (Å²) in [5.74, 6) is 0. The van der Waals surface area contributed by atoms with E-state index in [1.54, 1.807) is 60.7 Å². The fourth-order valence-electron chi connectivity index (χ4n) is 5.53. The van der Waals surface area contributed by atoms with Crippen LogP contribution >= 0.6 is 0 Å². The normalized spacial score (nSPS) is 18.3. The molecule has 13 nitrogen and oxygen atoms in total. The molecule has 0 amide bonds. The molecule has 0 aliphatic heterocycles. The van der Waals surface area contributed by atoms with Crippen molar-refractivity contribution >= 4 is 31.4 Å². The van der Waals surface area contributed by atoms with E-state index in [9.17, 15) is 42.2 Å². The van der Waals surface area contributed by atoms with Crippen LogP contribution in [0.15, 0.2) is 131 Å². The molecular formula is C32H30N4O9S2.